The zero-order chi connectivity index (χ0) is 17.5. The third kappa shape index (κ3) is 4.81. The minimum atomic E-state index is -0.440. The zero-order valence-corrected chi connectivity index (χ0v) is 14.5. The van der Waals surface area contributed by atoms with Crippen molar-refractivity contribution in [2.24, 2.45) is 0 Å². The number of hydrogen-bond acceptors (Lipinski definition) is 6. The van der Waals surface area contributed by atoms with E-state index in [0.717, 1.165) is 22.0 Å². The Morgan fingerprint density at radius 1 is 1.04 bits per heavy atom. The lowest BCUT2D eigenvalue weighted by atomic mass is 10.2. The summed E-state index contributed by atoms with van der Waals surface area (Å²) in [6.45, 7) is -0.0177. The van der Waals surface area contributed by atoms with Gasteiger partial charge in [-0.1, -0.05) is 30.3 Å². The lowest BCUT2D eigenvalue weighted by Gasteiger charge is -2.07. The molecule has 6 heteroatoms. The second-order valence-electron chi connectivity index (χ2n) is 5.13. The van der Waals surface area contributed by atoms with Crippen molar-refractivity contribution in [1.29, 1.82) is 0 Å². The van der Waals surface area contributed by atoms with Crippen molar-refractivity contribution in [3.63, 3.8) is 0 Å². The molecular formula is C19H17NO4S. The first-order valence-electron chi connectivity index (χ1n) is 7.67. The number of esters is 1. The van der Waals surface area contributed by atoms with E-state index in [1.54, 1.807) is 31.4 Å². The van der Waals surface area contributed by atoms with Crippen LogP contribution in [-0.2, 0) is 16.1 Å². The summed E-state index contributed by atoms with van der Waals surface area (Å²) in [6.07, 6.45) is 0. The molecule has 25 heavy (non-hydrogen) atoms. The van der Waals surface area contributed by atoms with Gasteiger partial charge in [-0.2, -0.15) is 0 Å². The maximum Gasteiger partial charge on any atom is 0.344 e. The average Bonchev–Trinajstić information content (AvgIpc) is 3.15. The SMILES string of the molecule is COc1ccc(OCC(=O)OCc2csc(-c3ccccc3)n2)cc1. The van der Waals surface area contributed by atoms with Gasteiger partial charge in [-0.05, 0) is 24.3 Å². The van der Waals surface area contributed by atoms with E-state index < -0.39 is 5.97 Å². The van der Waals surface area contributed by atoms with Crippen molar-refractivity contribution < 1.29 is 19.0 Å². The number of hydrogen-bond donors (Lipinski definition) is 0. The van der Waals surface area contributed by atoms with E-state index in [1.165, 1.54) is 11.3 Å². The summed E-state index contributed by atoms with van der Waals surface area (Å²) >= 11 is 1.52. The second kappa shape index (κ2) is 8.30. The molecule has 1 heterocycles. The Bertz CT molecular complexity index is 815. The molecule has 0 aliphatic heterocycles. The fourth-order valence-electron chi connectivity index (χ4n) is 2.10. The van der Waals surface area contributed by atoms with E-state index in [1.807, 2.05) is 35.7 Å². The summed E-state index contributed by atoms with van der Waals surface area (Å²) < 4.78 is 15.6. The number of ether oxygens (including phenoxy) is 3. The van der Waals surface area contributed by atoms with Crippen LogP contribution in [0, 0.1) is 0 Å². The van der Waals surface area contributed by atoms with Crippen LogP contribution in [0.1, 0.15) is 5.69 Å². The standard InChI is InChI=1S/C19H17NO4S/c1-22-16-7-9-17(10-8-16)23-12-18(21)24-11-15-13-25-19(20-15)14-5-3-2-4-6-14/h2-10,13H,11-12H2,1H3. The Morgan fingerprint density at radius 3 is 2.48 bits per heavy atom. The van der Waals surface area contributed by atoms with Crippen LogP contribution in [0.25, 0.3) is 10.6 Å². The van der Waals surface area contributed by atoms with E-state index >= 15 is 0 Å². The summed E-state index contributed by atoms with van der Waals surface area (Å²) in [4.78, 5) is 16.3. The molecule has 2 aromatic carbocycles. The number of benzene rings is 2. The minimum Gasteiger partial charge on any atom is -0.497 e. The van der Waals surface area contributed by atoms with Gasteiger partial charge in [0.15, 0.2) is 6.61 Å². The third-order valence-electron chi connectivity index (χ3n) is 3.37. The van der Waals surface area contributed by atoms with Crippen molar-refractivity contribution >= 4 is 17.3 Å². The Labute approximate surface area is 149 Å². The first kappa shape index (κ1) is 17.0. The summed E-state index contributed by atoms with van der Waals surface area (Å²) in [5, 5.41) is 2.79. The van der Waals surface area contributed by atoms with Gasteiger partial charge in [-0.25, -0.2) is 9.78 Å². The summed E-state index contributed by atoms with van der Waals surface area (Å²) in [5.74, 6) is 0.871. The monoisotopic (exact) mass is 355 g/mol. The van der Waals surface area contributed by atoms with Gasteiger partial charge in [0.05, 0.1) is 12.8 Å². The lowest BCUT2D eigenvalue weighted by Crippen LogP contribution is -2.14. The highest BCUT2D eigenvalue weighted by Crippen LogP contribution is 2.23. The van der Waals surface area contributed by atoms with E-state index in [0.29, 0.717) is 5.75 Å². The summed E-state index contributed by atoms with van der Waals surface area (Å²) in [5.41, 5.74) is 1.77. The number of nitrogens with zero attached hydrogens (tertiary/aromatic N) is 1. The van der Waals surface area contributed by atoms with Crippen LogP contribution in [-0.4, -0.2) is 24.7 Å². The molecule has 0 aliphatic carbocycles. The number of aromatic nitrogens is 1. The predicted octanol–water partition coefficient (Wildman–Crippen LogP) is 3.94. The molecule has 0 fully saturated rings. The second-order valence-corrected chi connectivity index (χ2v) is 5.99. The molecule has 0 saturated carbocycles. The molecule has 5 nitrogen and oxygen atoms in total. The van der Waals surface area contributed by atoms with E-state index in [4.69, 9.17) is 14.2 Å². The van der Waals surface area contributed by atoms with Gasteiger partial charge in [0.2, 0.25) is 0 Å². The maximum atomic E-state index is 11.8. The average molecular weight is 355 g/mol. The molecule has 3 rings (SSSR count). The largest absolute Gasteiger partial charge is 0.497 e. The normalized spacial score (nSPS) is 10.3. The van der Waals surface area contributed by atoms with Crippen LogP contribution in [0.2, 0.25) is 0 Å². The fraction of sp³-hybridized carbons (Fsp3) is 0.158. The Kier molecular flexibility index (Phi) is 5.64. The van der Waals surface area contributed by atoms with Gasteiger partial charge in [-0.15, -0.1) is 11.3 Å². The van der Waals surface area contributed by atoms with Gasteiger partial charge in [0.1, 0.15) is 23.1 Å². The highest BCUT2D eigenvalue weighted by Gasteiger charge is 2.08. The van der Waals surface area contributed by atoms with Crippen LogP contribution in [0.3, 0.4) is 0 Å². The highest BCUT2D eigenvalue weighted by molar-refractivity contribution is 7.13. The van der Waals surface area contributed by atoms with Gasteiger partial charge >= 0.3 is 5.97 Å². The predicted molar refractivity (Wildman–Crippen MR) is 95.8 cm³/mol. The molecule has 0 aliphatic rings. The Balaban J connectivity index is 1.46. The number of rotatable bonds is 7. The molecule has 3 aromatic rings. The van der Waals surface area contributed by atoms with Gasteiger partial charge in [0, 0.05) is 10.9 Å². The third-order valence-corrected chi connectivity index (χ3v) is 4.31. The van der Waals surface area contributed by atoms with E-state index in [9.17, 15) is 4.79 Å². The molecular weight excluding hydrogens is 338 g/mol. The molecule has 0 atom stereocenters. The smallest absolute Gasteiger partial charge is 0.344 e. The lowest BCUT2D eigenvalue weighted by molar-refractivity contribution is -0.147. The topological polar surface area (TPSA) is 57.7 Å². The van der Waals surface area contributed by atoms with Crippen LogP contribution < -0.4 is 9.47 Å². The van der Waals surface area contributed by atoms with Crippen molar-refractivity contribution in [2.75, 3.05) is 13.7 Å². The molecule has 0 saturated heterocycles. The molecule has 0 unspecified atom stereocenters. The quantitative estimate of drug-likeness (QED) is 0.601. The Hall–Kier alpha value is -2.86. The van der Waals surface area contributed by atoms with Gasteiger partial charge < -0.3 is 14.2 Å². The van der Waals surface area contributed by atoms with Crippen LogP contribution in [0.4, 0.5) is 0 Å². The van der Waals surface area contributed by atoms with Crippen molar-refractivity contribution in [2.45, 2.75) is 6.61 Å². The van der Waals surface area contributed by atoms with Crippen molar-refractivity contribution in [3.05, 3.63) is 65.7 Å². The minimum absolute atomic E-state index is 0.133. The summed E-state index contributed by atoms with van der Waals surface area (Å²) in [7, 11) is 1.59. The molecule has 0 bridgehead atoms. The van der Waals surface area contributed by atoms with Crippen LogP contribution in [0.5, 0.6) is 11.5 Å². The van der Waals surface area contributed by atoms with Crippen molar-refractivity contribution in [3.8, 4) is 22.1 Å². The molecule has 0 radical (unpaired) electrons. The fourth-order valence-corrected chi connectivity index (χ4v) is 2.91. The first-order chi connectivity index (χ1) is 12.2. The summed E-state index contributed by atoms with van der Waals surface area (Å²) in [6, 6.07) is 16.9. The number of carbonyl (C=O) groups is 1. The van der Waals surface area contributed by atoms with Gasteiger partial charge in [-0.3, -0.25) is 0 Å². The number of carbonyl (C=O) groups excluding carboxylic acids is 1. The first-order valence-corrected chi connectivity index (χ1v) is 8.55. The molecule has 1 aromatic heterocycles. The van der Waals surface area contributed by atoms with Gasteiger partial charge in [0.25, 0.3) is 0 Å². The molecule has 0 amide bonds. The maximum absolute atomic E-state index is 11.8. The Morgan fingerprint density at radius 2 is 1.76 bits per heavy atom. The molecule has 0 spiro atoms. The van der Waals surface area contributed by atoms with Crippen molar-refractivity contribution in [1.82, 2.24) is 4.98 Å². The van der Waals surface area contributed by atoms with E-state index in [-0.39, 0.29) is 13.2 Å². The molecule has 128 valence electrons. The molecule has 0 N–H and O–H groups in total. The zero-order valence-electron chi connectivity index (χ0n) is 13.7. The number of methoxy groups -OCH3 is 1. The van der Waals surface area contributed by atoms with Crippen LogP contribution in [0.15, 0.2) is 60.0 Å². The number of thiazole rings is 1. The highest BCUT2D eigenvalue weighted by atomic mass is 32.1. The van der Waals surface area contributed by atoms with Crippen LogP contribution >= 0.6 is 11.3 Å². The van der Waals surface area contributed by atoms with E-state index in [2.05, 4.69) is 4.98 Å².